The molecule has 2 aliphatic heterocycles. The third kappa shape index (κ3) is 12.6. The van der Waals surface area contributed by atoms with Gasteiger partial charge in [0.15, 0.2) is 11.4 Å². The van der Waals surface area contributed by atoms with E-state index in [0.29, 0.717) is 45.3 Å². The van der Waals surface area contributed by atoms with Gasteiger partial charge in [0, 0.05) is 62.0 Å². The molecule has 8 amide bonds. The fourth-order valence-corrected chi connectivity index (χ4v) is 11.2. The zero-order valence-electron chi connectivity index (χ0n) is 39.0. The molecule has 0 saturated carbocycles. The summed E-state index contributed by atoms with van der Waals surface area (Å²) in [5, 5.41) is 30.6. The Hall–Kier alpha value is -7.16. The summed E-state index contributed by atoms with van der Waals surface area (Å²) < 4.78 is 0. The van der Waals surface area contributed by atoms with Gasteiger partial charge in [-0.05, 0) is 24.3 Å². The number of fused-ring (bicyclic) bond motifs is 7. The number of rotatable bonds is 4. The van der Waals surface area contributed by atoms with Crippen LogP contribution in [-0.2, 0) is 38.4 Å². The lowest BCUT2D eigenvalue weighted by Crippen LogP contribution is -2.55. The van der Waals surface area contributed by atoms with Crippen molar-refractivity contribution in [1.82, 2.24) is 50.8 Å². The molecular weight excluding hydrogens is 1010 g/mol. The Morgan fingerprint density at radius 3 is 1.33 bits per heavy atom. The predicted octanol–water partition coefficient (Wildman–Crippen LogP) is 0.850. The number of amides is 8. The van der Waals surface area contributed by atoms with Crippen molar-refractivity contribution < 1.29 is 58.2 Å². The first-order valence-electron chi connectivity index (χ1n) is 21.6. The van der Waals surface area contributed by atoms with Crippen LogP contribution in [0.15, 0.2) is 85.2 Å². The van der Waals surface area contributed by atoms with Crippen molar-refractivity contribution in [3.05, 3.63) is 96.6 Å². The maximum absolute atomic E-state index is 14.3. The number of hydrogen-bond donors (Lipinski definition) is 6. The lowest BCUT2D eigenvalue weighted by atomic mass is 10.1. The summed E-state index contributed by atoms with van der Waals surface area (Å²) in [5.74, 6) is -9.60. The van der Waals surface area contributed by atoms with Gasteiger partial charge < -0.3 is 51.1 Å². The van der Waals surface area contributed by atoms with Gasteiger partial charge in [0.05, 0.1) is 35.5 Å². The maximum Gasteiger partial charge on any atom is 0.274 e. The van der Waals surface area contributed by atoms with Crippen LogP contribution in [0.5, 0.6) is 11.5 Å². The van der Waals surface area contributed by atoms with Crippen LogP contribution in [0.3, 0.4) is 0 Å². The molecule has 2 aliphatic rings. The second-order valence-corrected chi connectivity index (χ2v) is 20.6. The largest absolute Gasteiger partial charge is 0.505 e. The molecule has 2 saturated heterocycles. The Morgan fingerprint density at radius 2 is 0.958 bits per heavy atom. The quantitative estimate of drug-likeness (QED) is 0.122. The molecule has 4 aromatic rings. The van der Waals surface area contributed by atoms with Crippen LogP contribution in [0, 0.1) is 0 Å². The fourth-order valence-electron chi connectivity index (χ4n) is 6.93. The minimum absolute atomic E-state index is 0.185. The fraction of sp³-hybridized carbons (Fsp3) is 0.304. The summed E-state index contributed by atoms with van der Waals surface area (Å²) in [6.07, 6.45) is 0. The van der Waals surface area contributed by atoms with E-state index >= 15 is 0 Å². The molecule has 2 aromatic carbocycles. The molecule has 0 spiro atoms. The van der Waals surface area contributed by atoms with Crippen molar-refractivity contribution in [3.63, 3.8) is 0 Å². The summed E-state index contributed by atoms with van der Waals surface area (Å²) in [6.45, 7) is 6.10. The van der Waals surface area contributed by atoms with Gasteiger partial charge in [0.2, 0.25) is 33.9 Å². The van der Waals surface area contributed by atoms with E-state index < -0.39 is 129 Å². The van der Waals surface area contributed by atoms with Crippen LogP contribution in [-0.4, -0.2) is 186 Å². The Bertz CT molecular complexity index is 2730. The summed E-state index contributed by atoms with van der Waals surface area (Å²) in [5.41, 5.74) is -0.971. The van der Waals surface area contributed by atoms with Gasteiger partial charge in [-0.15, -0.1) is 0 Å². The molecule has 2 fully saturated rings. The molecule has 378 valence electrons. The minimum atomic E-state index is -1.58. The van der Waals surface area contributed by atoms with Gasteiger partial charge in [-0.2, -0.15) is 0 Å². The van der Waals surface area contributed by atoms with Gasteiger partial charge >= 0.3 is 0 Å². The number of nitrogens with zero attached hydrogens (tertiary/aromatic N) is 6. The number of hydrogen-bond acceptors (Lipinski definition) is 18. The number of benzene rings is 2. The van der Waals surface area contributed by atoms with Crippen molar-refractivity contribution >= 4 is 124 Å². The molecule has 0 radical (unpaired) electrons. The van der Waals surface area contributed by atoms with Gasteiger partial charge in [-0.3, -0.25) is 47.9 Å². The average Bonchev–Trinajstić information content (AvgIpc) is 3.37. The standard InChI is InChI=1S/C46H48N10O12S4/c1-23-45(67)69-19-29(51-41(63)37-33(57)15-25-11-7-9-13-27(25)49-37)39(61)47-18-36(60)56(6)32-22-72-71-21-31(43(65)53(23)3)55(5)35(59)17-48-40(62)30(20-70-46(68)24(2)54(4)44(32)66)52-42(64)38-34(58)16-26-12-8-10-14-28(26)50-38/h7-16,29-32,57-58H,1-2,17-22H2,3-6H3,(H,47,61)(H,48,62)(H,51,63)(H,52,64)/t29-,30-,31+,32+/m0/s1. The van der Waals surface area contributed by atoms with Crippen LogP contribution in [0.2, 0.25) is 0 Å². The van der Waals surface area contributed by atoms with Crippen molar-refractivity contribution in [2.45, 2.75) is 24.2 Å². The highest BCUT2D eigenvalue weighted by atomic mass is 33.1. The van der Waals surface area contributed by atoms with Crippen molar-refractivity contribution in [3.8, 4) is 11.5 Å². The number of pyridine rings is 2. The van der Waals surface area contributed by atoms with Crippen LogP contribution < -0.4 is 21.3 Å². The number of likely N-dealkylation sites (N-methyl/N-ethyl adjacent to an activating group) is 4. The van der Waals surface area contributed by atoms with Gasteiger partial charge in [0.1, 0.15) is 35.7 Å². The summed E-state index contributed by atoms with van der Waals surface area (Å²) in [4.78, 5) is 151. The minimum Gasteiger partial charge on any atom is -0.505 e. The Labute approximate surface area is 427 Å². The molecular formula is C46H48N10O12S4. The summed E-state index contributed by atoms with van der Waals surface area (Å²) >= 11 is 0.967. The first-order chi connectivity index (χ1) is 34.2. The molecule has 4 heterocycles. The number of aromatic nitrogens is 2. The van der Waals surface area contributed by atoms with Crippen molar-refractivity contribution in [2.75, 3.05) is 64.3 Å². The molecule has 2 aromatic heterocycles. The molecule has 22 nitrogen and oxygen atoms in total. The Balaban J connectivity index is 1.31. The van der Waals surface area contributed by atoms with Crippen molar-refractivity contribution in [2.24, 2.45) is 0 Å². The average molecular weight is 1060 g/mol. The monoisotopic (exact) mass is 1060 g/mol. The number of carbonyl (C=O) groups excluding carboxylic acids is 10. The summed E-state index contributed by atoms with van der Waals surface area (Å²) in [6, 6.07) is 9.97. The molecule has 72 heavy (non-hydrogen) atoms. The first kappa shape index (κ1) is 54.2. The van der Waals surface area contributed by atoms with E-state index in [1.54, 1.807) is 48.5 Å². The Kier molecular flexibility index (Phi) is 17.9. The zero-order valence-corrected chi connectivity index (χ0v) is 42.3. The zero-order chi connectivity index (χ0) is 52.6. The second kappa shape index (κ2) is 23.8. The van der Waals surface area contributed by atoms with Gasteiger partial charge in [-0.25, -0.2) is 9.97 Å². The van der Waals surface area contributed by atoms with E-state index in [2.05, 4.69) is 44.4 Å². The molecule has 0 unspecified atom stereocenters. The van der Waals surface area contributed by atoms with Crippen LogP contribution >= 0.6 is 45.1 Å². The third-order valence-electron chi connectivity index (χ3n) is 11.4. The second-order valence-electron chi connectivity index (χ2n) is 16.1. The predicted molar refractivity (Wildman–Crippen MR) is 272 cm³/mol. The molecule has 6 N–H and O–H groups in total. The number of aromatic hydroxyl groups is 2. The molecule has 2 bridgehead atoms. The van der Waals surface area contributed by atoms with E-state index in [-0.39, 0.29) is 22.9 Å². The normalized spacial score (nSPS) is 21.4. The maximum atomic E-state index is 14.3. The smallest absolute Gasteiger partial charge is 0.274 e. The SMILES string of the molecule is C=C1C(=O)SC[C@H](NC(=O)c2nc3ccccc3cc2O)C(=O)NCC(=O)N(C)[C@@H]2CSSC[C@H](C(=O)N1C)N(C)C(=O)CNC(=O)[C@@H](NC(=O)c1nc3ccccc3cc1O)CSC(=O)C(=C)N(C)C2=O. The number of carbonyl (C=O) groups is 10. The molecule has 26 heteroatoms. The van der Waals surface area contributed by atoms with E-state index in [4.69, 9.17) is 0 Å². The number of thioether (sulfide) groups is 2. The van der Waals surface area contributed by atoms with E-state index in [1.165, 1.54) is 40.3 Å². The van der Waals surface area contributed by atoms with E-state index in [0.717, 1.165) is 41.2 Å². The van der Waals surface area contributed by atoms with Crippen molar-refractivity contribution in [1.29, 1.82) is 0 Å². The lowest BCUT2D eigenvalue weighted by molar-refractivity contribution is -0.142. The topological polar surface area (TPSA) is 298 Å². The van der Waals surface area contributed by atoms with Crippen LogP contribution in [0.25, 0.3) is 21.8 Å². The van der Waals surface area contributed by atoms with E-state index in [9.17, 15) is 58.2 Å². The van der Waals surface area contributed by atoms with Gasteiger partial charge in [0.25, 0.3) is 23.6 Å². The van der Waals surface area contributed by atoms with Gasteiger partial charge in [-0.1, -0.05) is 94.7 Å². The van der Waals surface area contributed by atoms with Crippen LogP contribution in [0.4, 0.5) is 0 Å². The third-order valence-corrected chi connectivity index (χ3v) is 15.8. The molecule has 6 rings (SSSR count). The first-order valence-corrected chi connectivity index (χ1v) is 26.0. The Morgan fingerprint density at radius 1 is 0.597 bits per heavy atom. The van der Waals surface area contributed by atoms with E-state index in [1.807, 2.05) is 0 Å². The van der Waals surface area contributed by atoms with Crippen LogP contribution in [0.1, 0.15) is 21.0 Å². The molecule has 0 aliphatic carbocycles. The molecule has 4 atom stereocenters. The summed E-state index contributed by atoms with van der Waals surface area (Å²) in [7, 11) is 7.06. The lowest BCUT2D eigenvalue weighted by Gasteiger charge is -2.33. The number of para-hydroxylation sites is 2. The highest BCUT2D eigenvalue weighted by molar-refractivity contribution is 8.76. The number of nitrogens with one attached hydrogen (secondary N) is 4. The highest BCUT2D eigenvalue weighted by Crippen LogP contribution is 2.29. The highest BCUT2D eigenvalue weighted by Gasteiger charge is 2.37.